The third-order valence-electron chi connectivity index (χ3n) is 3.73. The largest absolute Gasteiger partial charge is 0.444 e. The van der Waals surface area contributed by atoms with Crippen LogP contribution in [0.4, 0.5) is 10.6 Å². The quantitative estimate of drug-likeness (QED) is 0.927. The second-order valence-electron chi connectivity index (χ2n) is 6.83. The minimum atomic E-state index is -0.451. The summed E-state index contributed by atoms with van der Waals surface area (Å²) in [5.41, 5.74) is 0.148. The number of aromatic nitrogens is 1. The van der Waals surface area contributed by atoms with Gasteiger partial charge in [0.15, 0.2) is 0 Å². The Kier molecular flexibility index (Phi) is 5.43. The Morgan fingerprint density at radius 1 is 1.48 bits per heavy atom. The number of rotatable bonds is 3. The van der Waals surface area contributed by atoms with Crippen molar-refractivity contribution in [1.82, 2.24) is 9.88 Å². The fourth-order valence-electron chi connectivity index (χ4n) is 2.49. The molecule has 0 saturated carbocycles. The molecule has 1 amide bonds. The molecule has 0 atom stereocenters. The number of likely N-dealkylation sites (tertiary alicyclic amines) is 1. The van der Waals surface area contributed by atoms with Crippen molar-refractivity contribution in [3.05, 3.63) is 23.9 Å². The topological polar surface area (TPSA) is 78.2 Å². The molecular formula is C17H24N4O2. The Morgan fingerprint density at radius 3 is 2.78 bits per heavy atom. The number of anilines is 1. The van der Waals surface area contributed by atoms with Gasteiger partial charge < -0.3 is 15.0 Å². The van der Waals surface area contributed by atoms with E-state index in [1.54, 1.807) is 23.2 Å². The van der Waals surface area contributed by atoms with Gasteiger partial charge in [-0.3, -0.25) is 0 Å². The molecule has 124 valence electrons. The highest BCUT2D eigenvalue weighted by Gasteiger charge is 2.26. The van der Waals surface area contributed by atoms with Gasteiger partial charge in [0.2, 0.25) is 0 Å². The van der Waals surface area contributed by atoms with Crippen molar-refractivity contribution in [2.75, 3.05) is 25.0 Å². The lowest BCUT2D eigenvalue weighted by Gasteiger charge is -2.33. The van der Waals surface area contributed by atoms with Crippen LogP contribution in [0.3, 0.4) is 0 Å². The first kappa shape index (κ1) is 17.1. The minimum absolute atomic E-state index is 0.229. The molecule has 1 N–H and O–H groups in total. The van der Waals surface area contributed by atoms with E-state index in [0.29, 0.717) is 24.6 Å². The molecule has 6 heteroatoms. The predicted molar refractivity (Wildman–Crippen MR) is 88.0 cm³/mol. The Bertz CT molecular complexity index is 581. The molecule has 0 aromatic carbocycles. The first-order chi connectivity index (χ1) is 10.9. The summed E-state index contributed by atoms with van der Waals surface area (Å²) in [4.78, 5) is 18.0. The molecule has 2 heterocycles. The summed E-state index contributed by atoms with van der Waals surface area (Å²) >= 11 is 0. The van der Waals surface area contributed by atoms with Gasteiger partial charge in [0, 0.05) is 25.8 Å². The first-order valence-corrected chi connectivity index (χ1v) is 7.95. The second-order valence-corrected chi connectivity index (χ2v) is 6.83. The Labute approximate surface area is 137 Å². The van der Waals surface area contributed by atoms with Crippen molar-refractivity contribution in [1.29, 1.82) is 5.26 Å². The fraction of sp³-hybridized carbons (Fsp3) is 0.588. The second kappa shape index (κ2) is 7.32. The van der Waals surface area contributed by atoms with E-state index in [9.17, 15) is 4.79 Å². The average molecular weight is 316 g/mol. The maximum absolute atomic E-state index is 12.0. The Morgan fingerprint density at radius 2 is 2.17 bits per heavy atom. The number of ether oxygens (including phenoxy) is 1. The number of nitrogens with zero attached hydrogens (tertiary/aromatic N) is 3. The van der Waals surface area contributed by atoms with Gasteiger partial charge in [-0.05, 0) is 51.7 Å². The highest BCUT2D eigenvalue weighted by molar-refractivity contribution is 5.68. The average Bonchev–Trinajstić information content (AvgIpc) is 2.52. The third kappa shape index (κ3) is 5.44. The number of pyridine rings is 1. The van der Waals surface area contributed by atoms with Gasteiger partial charge in [0.25, 0.3) is 0 Å². The van der Waals surface area contributed by atoms with Gasteiger partial charge in [-0.25, -0.2) is 9.78 Å². The fourth-order valence-corrected chi connectivity index (χ4v) is 2.49. The van der Waals surface area contributed by atoms with Crippen LogP contribution in [0.25, 0.3) is 0 Å². The van der Waals surface area contributed by atoms with Crippen LogP contribution in [-0.4, -0.2) is 41.2 Å². The van der Waals surface area contributed by atoms with Crippen molar-refractivity contribution in [3.63, 3.8) is 0 Å². The smallest absolute Gasteiger partial charge is 0.410 e. The van der Waals surface area contributed by atoms with Crippen molar-refractivity contribution in [3.8, 4) is 6.07 Å². The molecule has 0 spiro atoms. The summed E-state index contributed by atoms with van der Waals surface area (Å²) < 4.78 is 5.40. The molecule has 1 aromatic rings. The predicted octanol–water partition coefficient (Wildman–Crippen LogP) is 3.01. The summed E-state index contributed by atoms with van der Waals surface area (Å²) in [7, 11) is 0. The van der Waals surface area contributed by atoms with Gasteiger partial charge in [-0.2, -0.15) is 5.26 Å². The van der Waals surface area contributed by atoms with Crippen LogP contribution in [0.1, 0.15) is 39.2 Å². The minimum Gasteiger partial charge on any atom is -0.444 e. The summed E-state index contributed by atoms with van der Waals surface area (Å²) in [6.45, 7) is 7.86. The van der Waals surface area contributed by atoms with Gasteiger partial charge in [-0.1, -0.05) is 0 Å². The SMILES string of the molecule is CC(C)(C)OC(=O)N1CCC(CNc2cc(C#N)ccn2)CC1. The zero-order valence-corrected chi connectivity index (χ0v) is 14.0. The number of carbonyl (C=O) groups excluding carboxylic acids is 1. The van der Waals surface area contributed by atoms with Crippen molar-refractivity contribution in [2.24, 2.45) is 5.92 Å². The van der Waals surface area contributed by atoms with Crippen LogP contribution < -0.4 is 5.32 Å². The van der Waals surface area contributed by atoms with Gasteiger partial charge in [0.1, 0.15) is 11.4 Å². The van der Waals surface area contributed by atoms with E-state index < -0.39 is 5.60 Å². The van der Waals surface area contributed by atoms with Crippen LogP contribution in [0.15, 0.2) is 18.3 Å². The molecular weight excluding hydrogens is 292 g/mol. The lowest BCUT2D eigenvalue weighted by molar-refractivity contribution is 0.0188. The van der Waals surface area contributed by atoms with Crippen molar-refractivity contribution >= 4 is 11.9 Å². The van der Waals surface area contributed by atoms with E-state index >= 15 is 0 Å². The number of carbonyl (C=O) groups is 1. The monoisotopic (exact) mass is 316 g/mol. The number of nitriles is 1. The molecule has 0 aliphatic carbocycles. The molecule has 0 bridgehead atoms. The number of hydrogen-bond donors (Lipinski definition) is 1. The summed E-state index contributed by atoms with van der Waals surface area (Å²) in [5.74, 6) is 1.21. The van der Waals surface area contributed by atoms with Crippen LogP contribution in [0.2, 0.25) is 0 Å². The van der Waals surface area contributed by atoms with Crippen LogP contribution in [0, 0.1) is 17.2 Å². The van der Waals surface area contributed by atoms with E-state index in [0.717, 1.165) is 25.2 Å². The van der Waals surface area contributed by atoms with Gasteiger partial charge >= 0.3 is 6.09 Å². The van der Waals surface area contributed by atoms with Crippen LogP contribution in [0.5, 0.6) is 0 Å². The van der Waals surface area contributed by atoms with E-state index in [-0.39, 0.29) is 6.09 Å². The molecule has 6 nitrogen and oxygen atoms in total. The molecule has 1 aliphatic heterocycles. The summed E-state index contributed by atoms with van der Waals surface area (Å²) in [6.07, 6.45) is 3.27. The van der Waals surface area contributed by atoms with Crippen LogP contribution in [-0.2, 0) is 4.74 Å². The standard InChI is InChI=1S/C17H24N4O2/c1-17(2,3)23-16(22)21-8-5-13(6-9-21)12-20-15-10-14(11-18)4-7-19-15/h4,7,10,13H,5-6,8-9,12H2,1-3H3,(H,19,20). The Balaban J connectivity index is 1.76. The number of hydrogen-bond acceptors (Lipinski definition) is 5. The zero-order valence-electron chi connectivity index (χ0n) is 14.0. The maximum Gasteiger partial charge on any atom is 0.410 e. The van der Waals surface area contributed by atoms with Gasteiger partial charge in [-0.15, -0.1) is 0 Å². The number of amides is 1. The maximum atomic E-state index is 12.0. The van der Waals surface area contributed by atoms with Gasteiger partial charge in [0.05, 0.1) is 11.6 Å². The molecule has 1 aliphatic rings. The van der Waals surface area contributed by atoms with Crippen LogP contribution >= 0.6 is 0 Å². The molecule has 0 radical (unpaired) electrons. The van der Waals surface area contributed by atoms with Crippen molar-refractivity contribution in [2.45, 2.75) is 39.2 Å². The first-order valence-electron chi connectivity index (χ1n) is 7.95. The molecule has 1 aromatic heterocycles. The molecule has 23 heavy (non-hydrogen) atoms. The Hall–Kier alpha value is -2.29. The molecule has 0 unspecified atom stereocenters. The highest BCUT2D eigenvalue weighted by Crippen LogP contribution is 2.20. The summed E-state index contributed by atoms with van der Waals surface area (Å²) in [6, 6.07) is 5.53. The molecule has 1 fully saturated rings. The zero-order chi connectivity index (χ0) is 16.9. The normalized spacial score (nSPS) is 15.8. The van der Waals surface area contributed by atoms with E-state index in [4.69, 9.17) is 10.00 Å². The lowest BCUT2D eigenvalue weighted by atomic mass is 9.97. The number of nitrogens with one attached hydrogen (secondary N) is 1. The van der Waals surface area contributed by atoms with E-state index in [1.165, 1.54) is 0 Å². The highest BCUT2D eigenvalue weighted by atomic mass is 16.6. The van der Waals surface area contributed by atoms with E-state index in [2.05, 4.69) is 16.4 Å². The third-order valence-corrected chi connectivity index (χ3v) is 3.73. The molecule has 2 rings (SSSR count). The molecule has 1 saturated heterocycles. The van der Waals surface area contributed by atoms with Crippen molar-refractivity contribution < 1.29 is 9.53 Å². The summed E-state index contributed by atoms with van der Waals surface area (Å²) in [5, 5.41) is 12.2. The van der Waals surface area contributed by atoms with E-state index in [1.807, 2.05) is 20.8 Å². The number of piperidine rings is 1. The lowest BCUT2D eigenvalue weighted by Crippen LogP contribution is -2.42.